The molecule has 2 aliphatic heterocycles. The lowest BCUT2D eigenvalue weighted by Crippen LogP contribution is -2.40. The number of aryl methyl sites for hydroxylation is 4. The van der Waals surface area contributed by atoms with E-state index in [1.807, 2.05) is 63.9 Å². The molecule has 0 unspecified atom stereocenters. The van der Waals surface area contributed by atoms with Crippen LogP contribution >= 0.6 is 0 Å². The number of aromatic nitrogens is 6. The summed E-state index contributed by atoms with van der Waals surface area (Å²) in [6, 6.07) is 21.3. The maximum absolute atomic E-state index is 12.8. The molecule has 2 aliphatic rings. The first-order chi connectivity index (χ1) is 31.1. The van der Waals surface area contributed by atoms with Crippen molar-refractivity contribution in [2.75, 3.05) is 27.3 Å². The highest BCUT2D eigenvalue weighted by molar-refractivity contribution is 5.82. The minimum absolute atomic E-state index is 0.106. The maximum atomic E-state index is 12.8. The van der Waals surface area contributed by atoms with Crippen molar-refractivity contribution in [3.05, 3.63) is 116 Å². The monoisotopic (exact) mass is 884 g/mol. The van der Waals surface area contributed by atoms with E-state index in [2.05, 4.69) is 94.4 Å². The van der Waals surface area contributed by atoms with Gasteiger partial charge in [-0.25, -0.2) is 14.2 Å². The number of hydrogen-bond acceptors (Lipinski definition) is 11. The van der Waals surface area contributed by atoms with Crippen LogP contribution in [0.3, 0.4) is 0 Å². The molecule has 65 heavy (non-hydrogen) atoms. The molecule has 4 heterocycles. The van der Waals surface area contributed by atoms with Crippen LogP contribution in [0.5, 0.6) is 0 Å². The zero-order valence-electron chi connectivity index (χ0n) is 39.8. The van der Waals surface area contributed by atoms with Gasteiger partial charge in [-0.1, -0.05) is 72.8 Å². The Bertz CT molecular complexity index is 2710. The van der Waals surface area contributed by atoms with Crippen molar-refractivity contribution in [2.24, 2.45) is 11.8 Å². The van der Waals surface area contributed by atoms with E-state index in [0.29, 0.717) is 13.1 Å². The molecule has 0 aliphatic carbocycles. The van der Waals surface area contributed by atoms with Crippen LogP contribution in [-0.2, 0) is 62.8 Å². The summed E-state index contributed by atoms with van der Waals surface area (Å²) in [6.07, 6.45) is 1.49. The van der Waals surface area contributed by atoms with Crippen molar-refractivity contribution >= 4 is 40.1 Å². The molecule has 0 radical (unpaired) electrons. The van der Waals surface area contributed by atoms with Crippen LogP contribution in [0.25, 0.3) is 22.1 Å². The third-order valence-corrected chi connectivity index (χ3v) is 13.1. The standard InChI is InChI=1S/C28H36N4O4.C23H28N4O2/c1-8-32-23-12-11-22(17(2)25(23)29-30-32)24(18(3)26(33)35-7)20-10-9-19-13-14-31(16-21(19)15-20)27(34)36-28(4,5)6;1-5-27-20-9-8-19(14(2)22(20)25-26-27)21(15(3)23(28)29-4)17-7-6-16-10-11-24-13-18(16)12-17/h9-12,15,18,24H,8,13-14,16H2,1-7H3;6-9,12,15,21,24H,5,10-11,13H2,1-4H3/t18-,24-;15-,21-/m00/s1. The van der Waals surface area contributed by atoms with Gasteiger partial charge < -0.3 is 24.4 Å². The fourth-order valence-corrected chi connectivity index (χ4v) is 9.57. The summed E-state index contributed by atoms with van der Waals surface area (Å²) < 4.78 is 19.6. The predicted molar refractivity (Wildman–Crippen MR) is 251 cm³/mol. The lowest BCUT2D eigenvalue weighted by Gasteiger charge is -2.32. The van der Waals surface area contributed by atoms with E-state index >= 15 is 0 Å². The Morgan fingerprint density at radius 2 is 1.18 bits per heavy atom. The summed E-state index contributed by atoms with van der Waals surface area (Å²) in [5.41, 5.74) is 14.5. The molecule has 14 heteroatoms. The third-order valence-electron chi connectivity index (χ3n) is 13.1. The van der Waals surface area contributed by atoms with Gasteiger partial charge in [0.15, 0.2) is 0 Å². The highest BCUT2D eigenvalue weighted by Crippen LogP contribution is 2.40. The second kappa shape index (κ2) is 19.5. The van der Waals surface area contributed by atoms with E-state index in [9.17, 15) is 14.4 Å². The van der Waals surface area contributed by atoms with Gasteiger partial charge in [-0.2, -0.15) is 0 Å². The Balaban J connectivity index is 0.000000198. The second-order valence-corrected chi connectivity index (χ2v) is 18.3. The van der Waals surface area contributed by atoms with Gasteiger partial charge in [-0.05, 0) is 136 Å². The third kappa shape index (κ3) is 9.64. The van der Waals surface area contributed by atoms with Gasteiger partial charge >= 0.3 is 18.0 Å². The number of benzene rings is 4. The van der Waals surface area contributed by atoms with Crippen molar-refractivity contribution in [3.63, 3.8) is 0 Å². The van der Waals surface area contributed by atoms with Crippen molar-refractivity contribution in [1.82, 2.24) is 40.2 Å². The van der Waals surface area contributed by atoms with Gasteiger partial charge in [0.2, 0.25) is 0 Å². The van der Waals surface area contributed by atoms with Gasteiger partial charge in [0.1, 0.15) is 16.6 Å². The van der Waals surface area contributed by atoms with Crippen molar-refractivity contribution in [1.29, 1.82) is 0 Å². The summed E-state index contributed by atoms with van der Waals surface area (Å²) in [5.74, 6) is -1.56. The lowest BCUT2D eigenvalue weighted by atomic mass is 9.78. The fourth-order valence-electron chi connectivity index (χ4n) is 9.57. The number of ether oxygens (including phenoxy) is 3. The van der Waals surface area contributed by atoms with Crippen molar-refractivity contribution < 1.29 is 28.6 Å². The molecule has 1 N–H and O–H groups in total. The molecule has 0 saturated heterocycles. The Morgan fingerprint density at radius 3 is 1.66 bits per heavy atom. The molecule has 0 bridgehead atoms. The molecule has 4 atom stereocenters. The van der Waals surface area contributed by atoms with Gasteiger partial charge in [-0.3, -0.25) is 9.59 Å². The van der Waals surface area contributed by atoms with Crippen molar-refractivity contribution in [2.45, 2.75) is 119 Å². The first kappa shape index (κ1) is 46.8. The van der Waals surface area contributed by atoms with E-state index < -0.39 is 11.5 Å². The summed E-state index contributed by atoms with van der Waals surface area (Å²) in [5, 5.41) is 20.8. The van der Waals surface area contributed by atoms with Crippen LogP contribution in [0.15, 0.2) is 60.7 Å². The summed E-state index contributed by atoms with van der Waals surface area (Å²) >= 11 is 0. The second-order valence-electron chi connectivity index (χ2n) is 18.3. The van der Waals surface area contributed by atoms with Crippen LogP contribution in [0.1, 0.15) is 116 Å². The van der Waals surface area contributed by atoms with E-state index in [4.69, 9.17) is 14.2 Å². The number of carbonyl (C=O) groups excluding carboxylic acids is 3. The highest BCUT2D eigenvalue weighted by Gasteiger charge is 2.33. The molecule has 8 rings (SSSR count). The lowest BCUT2D eigenvalue weighted by molar-refractivity contribution is -0.146. The fraction of sp³-hybridized carbons (Fsp3) is 0.471. The van der Waals surface area contributed by atoms with E-state index in [1.54, 1.807) is 4.90 Å². The highest BCUT2D eigenvalue weighted by atomic mass is 16.6. The van der Waals surface area contributed by atoms with E-state index in [1.165, 1.54) is 30.9 Å². The Labute approximate surface area is 382 Å². The zero-order chi connectivity index (χ0) is 46.7. The number of nitrogens with zero attached hydrogens (tertiary/aromatic N) is 7. The number of methoxy groups -OCH3 is 2. The Kier molecular flexibility index (Phi) is 14.1. The first-order valence-corrected chi connectivity index (χ1v) is 22.8. The number of rotatable bonds is 10. The molecule has 14 nitrogen and oxygen atoms in total. The Morgan fingerprint density at radius 1 is 0.692 bits per heavy atom. The summed E-state index contributed by atoms with van der Waals surface area (Å²) in [4.78, 5) is 39.8. The molecule has 0 fully saturated rings. The normalized spacial score (nSPS) is 15.5. The van der Waals surface area contributed by atoms with Crippen LogP contribution < -0.4 is 5.32 Å². The Hall–Kier alpha value is -6.15. The number of fused-ring (bicyclic) bond motifs is 4. The predicted octanol–water partition coefficient (Wildman–Crippen LogP) is 8.34. The number of hydrogen-bond donors (Lipinski definition) is 1. The molecule has 344 valence electrons. The van der Waals surface area contributed by atoms with Gasteiger partial charge in [0, 0.05) is 44.6 Å². The summed E-state index contributed by atoms with van der Waals surface area (Å²) in [6.45, 7) is 22.1. The van der Waals surface area contributed by atoms with Gasteiger partial charge in [0.25, 0.3) is 0 Å². The molecule has 4 aromatic carbocycles. The van der Waals surface area contributed by atoms with Crippen LogP contribution in [0, 0.1) is 25.7 Å². The smallest absolute Gasteiger partial charge is 0.410 e. The first-order valence-electron chi connectivity index (χ1n) is 22.8. The van der Waals surface area contributed by atoms with Crippen LogP contribution in [0.4, 0.5) is 4.79 Å². The number of amides is 1. The molecule has 0 spiro atoms. The number of esters is 2. The maximum Gasteiger partial charge on any atom is 0.410 e. The van der Waals surface area contributed by atoms with Gasteiger partial charge in [0.05, 0.1) is 37.1 Å². The SMILES string of the molecule is CCn1nnc2c(C)c([C@H](c3ccc4c(c3)CN(C(=O)OC(C)(C)C)CC4)[C@H](C)C(=O)OC)ccc21.CCn1nnc2c(C)c([C@H](c3ccc4c(c3)CNCC4)[C@H](C)C(=O)OC)ccc21. The molecular formula is C51H64N8O6. The molecule has 6 aromatic rings. The molecule has 2 aromatic heterocycles. The van der Waals surface area contributed by atoms with E-state index in [-0.39, 0.29) is 35.8 Å². The minimum Gasteiger partial charge on any atom is -0.469 e. The number of carbonyl (C=O) groups is 3. The zero-order valence-corrected chi connectivity index (χ0v) is 39.8. The molecule has 0 saturated carbocycles. The molecular weight excluding hydrogens is 821 g/mol. The van der Waals surface area contributed by atoms with Gasteiger partial charge in [-0.15, -0.1) is 10.2 Å². The average molecular weight is 885 g/mol. The number of nitrogens with one attached hydrogen (secondary N) is 1. The molecule has 1 amide bonds. The minimum atomic E-state index is -0.546. The topological polar surface area (TPSA) is 156 Å². The summed E-state index contributed by atoms with van der Waals surface area (Å²) in [7, 11) is 2.87. The largest absolute Gasteiger partial charge is 0.469 e. The average Bonchev–Trinajstić information content (AvgIpc) is 3.94. The van der Waals surface area contributed by atoms with Crippen LogP contribution in [-0.4, -0.2) is 85.8 Å². The van der Waals surface area contributed by atoms with E-state index in [0.717, 1.165) is 100 Å². The quantitative estimate of drug-likeness (QED) is 0.104. The van der Waals surface area contributed by atoms with Crippen molar-refractivity contribution in [3.8, 4) is 0 Å². The van der Waals surface area contributed by atoms with Crippen LogP contribution in [0.2, 0.25) is 0 Å².